The molecular weight excluding hydrogens is 283 g/mol. The minimum Gasteiger partial charge on any atom is -0.353 e. The normalized spacial score (nSPS) is 12.4. The molecule has 1 aromatic carbocycles. The maximum atomic E-state index is 13.8. The number of benzene rings is 1. The third-order valence-electron chi connectivity index (χ3n) is 2.49. The zero-order valence-corrected chi connectivity index (χ0v) is 12.3. The highest BCUT2D eigenvalue weighted by molar-refractivity contribution is 8.01. The standard InChI is InChI=1S/C12H15FN4S2/c1-17(2)11-15-16-12(19-11)18-10(7-14)8-5-3-4-6-9(8)13/h3-6,10H,7,14H2,1-2H3. The molecule has 1 atom stereocenters. The van der Waals surface area contributed by atoms with Gasteiger partial charge in [-0.3, -0.25) is 0 Å². The van der Waals surface area contributed by atoms with Crippen molar-refractivity contribution in [3.63, 3.8) is 0 Å². The van der Waals surface area contributed by atoms with Crippen LogP contribution >= 0.6 is 23.1 Å². The molecule has 0 bridgehead atoms. The minimum absolute atomic E-state index is 0.149. The summed E-state index contributed by atoms with van der Waals surface area (Å²) in [6.45, 7) is 0.350. The molecule has 2 aromatic rings. The van der Waals surface area contributed by atoms with Crippen LogP contribution in [0.2, 0.25) is 0 Å². The third-order valence-corrected chi connectivity index (χ3v) is 4.93. The molecule has 0 radical (unpaired) electrons. The van der Waals surface area contributed by atoms with Crippen LogP contribution in [0, 0.1) is 5.82 Å². The number of nitrogens with zero attached hydrogens (tertiary/aromatic N) is 3. The van der Waals surface area contributed by atoms with Crippen LogP contribution in [0.5, 0.6) is 0 Å². The summed E-state index contributed by atoms with van der Waals surface area (Å²) in [6, 6.07) is 6.69. The van der Waals surface area contributed by atoms with E-state index in [1.807, 2.05) is 25.1 Å². The highest BCUT2D eigenvalue weighted by Crippen LogP contribution is 2.38. The molecule has 0 spiro atoms. The number of hydrogen-bond acceptors (Lipinski definition) is 6. The molecule has 7 heteroatoms. The molecule has 19 heavy (non-hydrogen) atoms. The molecule has 1 aromatic heterocycles. The van der Waals surface area contributed by atoms with E-state index in [1.165, 1.54) is 29.2 Å². The van der Waals surface area contributed by atoms with Crippen molar-refractivity contribution in [2.24, 2.45) is 5.73 Å². The highest BCUT2D eigenvalue weighted by atomic mass is 32.2. The van der Waals surface area contributed by atoms with E-state index < -0.39 is 0 Å². The van der Waals surface area contributed by atoms with E-state index in [0.29, 0.717) is 12.1 Å². The maximum absolute atomic E-state index is 13.8. The molecule has 0 saturated carbocycles. The molecule has 0 aliphatic carbocycles. The molecular formula is C12H15FN4S2. The van der Waals surface area contributed by atoms with Crippen molar-refractivity contribution in [3.8, 4) is 0 Å². The molecule has 0 saturated heterocycles. The monoisotopic (exact) mass is 298 g/mol. The first-order valence-corrected chi connectivity index (χ1v) is 7.43. The molecule has 102 valence electrons. The predicted octanol–water partition coefficient (Wildman–Crippen LogP) is 2.54. The number of hydrogen-bond donors (Lipinski definition) is 1. The van der Waals surface area contributed by atoms with Crippen molar-refractivity contribution in [1.29, 1.82) is 0 Å². The van der Waals surface area contributed by atoms with E-state index in [9.17, 15) is 4.39 Å². The summed E-state index contributed by atoms with van der Waals surface area (Å²) in [6.07, 6.45) is 0. The van der Waals surface area contributed by atoms with Gasteiger partial charge in [0.1, 0.15) is 5.82 Å². The molecule has 0 aliphatic rings. The Bertz CT molecular complexity index is 544. The van der Waals surface area contributed by atoms with Crippen LogP contribution in [0.3, 0.4) is 0 Å². The number of thioether (sulfide) groups is 1. The van der Waals surface area contributed by atoms with Crippen molar-refractivity contribution in [2.75, 3.05) is 25.5 Å². The Morgan fingerprint density at radius 2 is 2.11 bits per heavy atom. The van der Waals surface area contributed by atoms with Crippen LogP contribution in [-0.4, -0.2) is 30.8 Å². The minimum atomic E-state index is -0.234. The van der Waals surface area contributed by atoms with E-state index in [0.717, 1.165) is 9.47 Å². The van der Waals surface area contributed by atoms with Gasteiger partial charge in [0.2, 0.25) is 5.13 Å². The van der Waals surface area contributed by atoms with E-state index in [-0.39, 0.29) is 11.1 Å². The molecule has 1 unspecified atom stereocenters. The second kappa shape index (κ2) is 6.31. The molecule has 4 nitrogen and oxygen atoms in total. The largest absolute Gasteiger partial charge is 0.353 e. The van der Waals surface area contributed by atoms with Gasteiger partial charge in [0, 0.05) is 26.2 Å². The van der Waals surface area contributed by atoms with Gasteiger partial charge < -0.3 is 10.6 Å². The fourth-order valence-electron chi connectivity index (χ4n) is 1.53. The summed E-state index contributed by atoms with van der Waals surface area (Å²) in [4.78, 5) is 1.89. The summed E-state index contributed by atoms with van der Waals surface area (Å²) < 4.78 is 14.5. The van der Waals surface area contributed by atoms with Crippen LogP contribution < -0.4 is 10.6 Å². The molecule has 1 heterocycles. The highest BCUT2D eigenvalue weighted by Gasteiger charge is 2.18. The Morgan fingerprint density at radius 3 is 2.68 bits per heavy atom. The zero-order valence-electron chi connectivity index (χ0n) is 10.7. The molecule has 0 fully saturated rings. The first-order valence-electron chi connectivity index (χ1n) is 5.73. The lowest BCUT2D eigenvalue weighted by atomic mass is 10.1. The van der Waals surface area contributed by atoms with Gasteiger partial charge in [0.05, 0.1) is 5.25 Å². The van der Waals surface area contributed by atoms with E-state index in [1.54, 1.807) is 12.1 Å². The van der Waals surface area contributed by atoms with Crippen molar-refractivity contribution >= 4 is 28.2 Å². The van der Waals surface area contributed by atoms with E-state index in [4.69, 9.17) is 5.73 Å². The Morgan fingerprint density at radius 1 is 1.37 bits per heavy atom. The number of anilines is 1. The van der Waals surface area contributed by atoms with E-state index >= 15 is 0 Å². The Balaban J connectivity index is 2.17. The van der Waals surface area contributed by atoms with Crippen molar-refractivity contribution in [2.45, 2.75) is 9.59 Å². The number of nitrogens with two attached hydrogens (primary N) is 1. The number of aromatic nitrogens is 2. The zero-order chi connectivity index (χ0) is 13.8. The maximum Gasteiger partial charge on any atom is 0.208 e. The molecule has 2 N–H and O–H groups in total. The van der Waals surface area contributed by atoms with Crippen LogP contribution in [0.1, 0.15) is 10.8 Å². The number of rotatable bonds is 5. The Kier molecular flexibility index (Phi) is 4.73. The third kappa shape index (κ3) is 3.43. The Hall–Kier alpha value is -1.18. The first kappa shape index (κ1) is 14.2. The van der Waals surface area contributed by atoms with Gasteiger partial charge in [0.15, 0.2) is 4.34 Å². The molecule has 2 rings (SSSR count). The smallest absolute Gasteiger partial charge is 0.208 e. The summed E-state index contributed by atoms with van der Waals surface area (Å²) in [5.74, 6) is -0.234. The fraction of sp³-hybridized carbons (Fsp3) is 0.333. The number of halogens is 1. The van der Waals surface area contributed by atoms with Crippen LogP contribution in [0.25, 0.3) is 0 Å². The quantitative estimate of drug-likeness (QED) is 0.860. The van der Waals surface area contributed by atoms with Crippen LogP contribution in [-0.2, 0) is 0 Å². The predicted molar refractivity (Wildman–Crippen MR) is 78.3 cm³/mol. The van der Waals surface area contributed by atoms with Gasteiger partial charge >= 0.3 is 0 Å². The van der Waals surface area contributed by atoms with Crippen molar-refractivity contribution < 1.29 is 4.39 Å². The van der Waals surface area contributed by atoms with Gasteiger partial charge in [-0.1, -0.05) is 41.3 Å². The van der Waals surface area contributed by atoms with Crippen molar-refractivity contribution in [3.05, 3.63) is 35.6 Å². The Labute approximate surface area is 119 Å². The summed E-state index contributed by atoms with van der Waals surface area (Å²) >= 11 is 2.92. The van der Waals surface area contributed by atoms with E-state index in [2.05, 4.69) is 10.2 Å². The SMILES string of the molecule is CN(C)c1nnc(SC(CN)c2ccccc2F)s1. The van der Waals surface area contributed by atoms with Gasteiger partial charge in [-0.05, 0) is 6.07 Å². The van der Waals surface area contributed by atoms with Crippen molar-refractivity contribution in [1.82, 2.24) is 10.2 Å². The second-order valence-corrected chi connectivity index (χ2v) is 6.51. The average molecular weight is 298 g/mol. The summed E-state index contributed by atoms with van der Waals surface area (Å²) in [5, 5.41) is 8.83. The fourth-order valence-corrected chi connectivity index (χ4v) is 3.54. The van der Waals surface area contributed by atoms with Crippen LogP contribution in [0.15, 0.2) is 28.6 Å². The van der Waals surface area contributed by atoms with Gasteiger partial charge in [0.25, 0.3) is 0 Å². The molecule has 0 amide bonds. The molecule has 0 aliphatic heterocycles. The second-order valence-electron chi connectivity index (χ2n) is 4.11. The summed E-state index contributed by atoms with van der Waals surface area (Å²) in [7, 11) is 3.82. The van der Waals surface area contributed by atoms with Gasteiger partial charge in [-0.15, -0.1) is 10.2 Å². The summed E-state index contributed by atoms with van der Waals surface area (Å²) in [5.41, 5.74) is 6.35. The lowest BCUT2D eigenvalue weighted by molar-refractivity contribution is 0.608. The van der Waals surface area contributed by atoms with Crippen LogP contribution in [0.4, 0.5) is 9.52 Å². The topological polar surface area (TPSA) is 55.0 Å². The van der Waals surface area contributed by atoms with Gasteiger partial charge in [-0.25, -0.2) is 4.39 Å². The lowest BCUT2D eigenvalue weighted by Crippen LogP contribution is -2.10. The first-order chi connectivity index (χ1) is 9.11. The lowest BCUT2D eigenvalue weighted by Gasteiger charge is -2.13. The average Bonchev–Trinajstić information content (AvgIpc) is 2.86. The van der Waals surface area contributed by atoms with Gasteiger partial charge in [-0.2, -0.15) is 0 Å².